The van der Waals surface area contributed by atoms with Crippen LogP contribution in [-0.2, 0) is 6.54 Å². The third-order valence-electron chi connectivity index (χ3n) is 5.57. The molecular weight excluding hydrogens is 318 g/mol. The third-order valence-corrected chi connectivity index (χ3v) is 5.57. The molecule has 0 radical (unpaired) electrons. The van der Waals surface area contributed by atoms with Crippen LogP contribution >= 0.6 is 0 Å². The molecule has 3 fully saturated rings. The molecule has 0 spiro atoms. The summed E-state index contributed by atoms with van der Waals surface area (Å²) < 4.78 is 7.87. The largest absolute Gasteiger partial charge is 0.338 e. The van der Waals surface area contributed by atoms with Gasteiger partial charge in [0.25, 0.3) is 0 Å². The van der Waals surface area contributed by atoms with Crippen LogP contribution in [0.3, 0.4) is 0 Å². The van der Waals surface area contributed by atoms with Crippen LogP contribution in [0.1, 0.15) is 67.0 Å². The summed E-state index contributed by atoms with van der Waals surface area (Å²) in [5.41, 5.74) is 0. The first-order valence-corrected chi connectivity index (χ1v) is 9.35. The molecule has 3 heterocycles. The van der Waals surface area contributed by atoms with E-state index in [1.54, 1.807) is 0 Å². The molecule has 25 heavy (non-hydrogen) atoms. The van der Waals surface area contributed by atoms with Gasteiger partial charge < -0.3 is 9.09 Å². The third kappa shape index (κ3) is 2.97. The molecule has 134 valence electrons. The second-order valence-electron chi connectivity index (χ2n) is 7.76. The smallest absolute Gasteiger partial charge is 0.245 e. The molecule has 3 aliphatic rings. The molecular formula is C17H25N7O. The van der Waals surface area contributed by atoms with Crippen LogP contribution in [0.4, 0.5) is 0 Å². The standard InChI is InChI=1S/C17H25N7O/c1-11-18-17(25-21-11)14-9-23(8-7-22(14)2)10-15-19-20-16(12-3-4-12)24(15)13-5-6-13/h12-14H,3-10H2,1-2H3/t14-/m0/s1. The average molecular weight is 343 g/mol. The van der Waals surface area contributed by atoms with Gasteiger partial charge in [0.05, 0.1) is 6.54 Å². The molecule has 0 amide bonds. The van der Waals surface area contributed by atoms with Gasteiger partial charge in [-0.2, -0.15) is 4.98 Å². The van der Waals surface area contributed by atoms with Crippen LogP contribution < -0.4 is 0 Å². The minimum atomic E-state index is 0.148. The van der Waals surface area contributed by atoms with Crippen molar-refractivity contribution in [3.8, 4) is 0 Å². The Morgan fingerprint density at radius 1 is 1.12 bits per heavy atom. The quantitative estimate of drug-likeness (QED) is 0.817. The Morgan fingerprint density at radius 2 is 1.96 bits per heavy atom. The molecule has 0 aromatic carbocycles. The molecule has 0 unspecified atom stereocenters. The number of hydrogen-bond acceptors (Lipinski definition) is 7. The number of aryl methyl sites for hydroxylation is 1. The van der Waals surface area contributed by atoms with Crippen LogP contribution in [0.25, 0.3) is 0 Å². The molecule has 8 nitrogen and oxygen atoms in total. The highest BCUT2D eigenvalue weighted by atomic mass is 16.5. The van der Waals surface area contributed by atoms with E-state index in [4.69, 9.17) is 4.52 Å². The number of likely N-dealkylation sites (N-methyl/N-ethyl adjacent to an activating group) is 1. The summed E-state index contributed by atoms with van der Waals surface area (Å²) in [6.45, 7) is 5.61. The van der Waals surface area contributed by atoms with Crippen LogP contribution in [0.2, 0.25) is 0 Å². The van der Waals surface area contributed by atoms with Gasteiger partial charge in [-0.3, -0.25) is 9.80 Å². The molecule has 2 aromatic rings. The summed E-state index contributed by atoms with van der Waals surface area (Å²) in [6, 6.07) is 0.789. The first-order valence-electron chi connectivity index (χ1n) is 9.35. The van der Waals surface area contributed by atoms with Gasteiger partial charge in [0.1, 0.15) is 17.7 Å². The molecule has 2 saturated carbocycles. The second kappa shape index (κ2) is 5.88. The van der Waals surface area contributed by atoms with E-state index in [2.05, 4.69) is 41.8 Å². The van der Waals surface area contributed by atoms with Crippen molar-refractivity contribution in [1.29, 1.82) is 0 Å². The zero-order valence-corrected chi connectivity index (χ0v) is 14.9. The number of hydrogen-bond donors (Lipinski definition) is 0. The molecule has 0 N–H and O–H groups in total. The predicted octanol–water partition coefficient (Wildman–Crippen LogP) is 1.67. The number of piperazine rings is 1. The number of rotatable bonds is 5. The maximum absolute atomic E-state index is 5.43. The van der Waals surface area contributed by atoms with Crippen molar-refractivity contribution in [2.45, 2.75) is 57.2 Å². The van der Waals surface area contributed by atoms with Crippen molar-refractivity contribution in [2.75, 3.05) is 26.7 Å². The highest BCUT2D eigenvalue weighted by molar-refractivity contribution is 5.12. The fourth-order valence-electron chi connectivity index (χ4n) is 3.78. The molecule has 8 heteroatoms. The van der Waals surface area contributed by atoms with Gasteiger partial charge in [-0.25, -0.2) is 0 Å². The molecule has 5 rings (SSSR count). The van der Waals surface area contributed by atoms with Gasteiger partial charge in [0.2, 0.25) is 5.89 Å². The highest BCUT2D eigenvalue weighted by Crippen LogP contribution is 2.44. The van der Waals surface area contributed by atoms with Crippen molar-refractivity contribution in [1.82, 2.24) is 34.7 Å². The Balaban J connectivity index is 1.34. The van der Waals surface area contributed by atoms with Crippen molar-refractivity contribution in [3.63, 3.8) is 0 Å². The molecule has 2 aromatic heterocycles. The van der Waals surface area contributed by atoms with E-state index >= 15 is 0 Å². The molecule has 2 aliphatic carbocycles. The Kier molecular flexibility index (Phi) is 3.63. The lowest BCUT2D eigenvalue weighted by molar-refractivity contribution is 0.0691. The molecule has 1 saturated heterocycles. The van der Waals surface area contributed by atoms with Crippen molar-refractivity contribution < 1.29 is 4.52 Å². The zero-order chi connectivity index (χ0) is 17.0. The van der Waals surface area contributed by atoms with E-state index in [0.29, 0.717) is 23.7 Å². The van der Waals surface area contributed by atoms with E-state index in [0.717, 1.165) is 32.0 Å². The van der Waals surface area contributed by atoms with E-state index < -0.39 is 0 Å². The number of aromatic nitrogens is 5. The highest BCUT2D eigenvalue weighted by Gasteiger charge is 2.37. The van der Waals surface area contributed by atoms with Crippen LogP contribution in [-0.4, -0.2) is 61.4 Å². The lowest BCUT2D eigenvalue weighted by atomic mass is 10.1. The monoisotopic (exact) mass is 343 g/mol. The summed E-state index contributed by atoms with van der Waals surface area (Å²) in [4.78, 5) is 9.18. The van der Waals surface area contributed by atoms with Gasteiger partial charge >= 0.3 is 0 Å². The van der Waals surface area contributed by atoms with E-state index in [1.807, 2.05) is 6.92 Å². The summed E-state index contributed by atoms with van der Waals surface area (Å²) in [6.07, 6.45) is 5.10. The van der Waals surface area contributed by atoms with Gasteiger partial charge in [-0.1, -0.05) is 5.16 Å². The SMILES string of the molecule is Cc1noc([C@@H]2CN(Cc3nnc(C4CC4)n3C3CC3)CCN2C)n1. The second-order valence-corrected chi connectivity index (χ2v) is 7.76. The topological polar surface area (TPSA) is 76.1 Å². The molecule has 0 bridgehead atoms. The summed E-state index contributed by atoms with van der Waals surface area (Å²) in [5, 5.41) is 13.0. The maximum atomic E-state index is 5.43. The first kappa shape index (κ1) is 15.5. The minimum absolute atomic E-state index is 0.148. The van der Waals surface area contributed by atoms with E-state index in [-0.39, 0.29) is 6.04 Å². The first-order chi connectivity index (χ1) is 12.2. The maximum Gasteiger partial charge on any atom is 0.245 e. The van der Waals surface area contributed by atoms with Crippen molar-refractivity contribution in [2.24, 2.45) is 0 Å². The number of nitrogens with zero attached hydrogens (tertiary/aromatic N) is 7. The molecule has 1 atom stereocenters. The fourth-order valence-corrected chi connectivity index (χ4v) is 3.78. The molecule has 1 aliphatic heterocycles. The van der Waals surface area contributed by atoms with Gasteiger partial charge in [-0.15, -0.1) is 10.2 Å². The van der Waals surface area contributed by atoms with E-state index in [9.17, 15) is 0 Å². The lowest BCUT2D eigenvalue weighted by Gasteiger charge is -2.37. The average Bonchev–Trinajstić information content (AvgIpc) is 3.53. The Labute approximate surface area is 147 Å². The minimum Gasteiger partial charge on any atom is -0.338 e. The van der Waals surface area contributed by atoms with Crippen LogP contribution in [0.5, 0.6) is 0 Å². The Morgan fingerprint density at radius 3 is 2.64 bits per heavy atom. The van der Waals surface area contributed by atoms with Crippen LogP contribution in [0, 0.1) is 6.92 Å². The summed E-state index contributed by atoms with van der Waals surface area (Å²) in [5.74, 6) is 4.43. The van der Waals surface area contributed by atoms with Gasteiger partial charge in [-0.05, 0) is 39.7 Å². The van der Waals surface area contributed by atoms with E-state index in [1.165, 1.54) is 31.5 Å². The normalized spacial score (nSPS) is 25.6. The van der Waals surface area contributed by atoms with Crippen molar-refractivity contribution >= 4 is 0 Å². The van der Waals surface area contributed by atoms with Gasteiger partial charge in [0.15, 0.2) is 5.82 Å². The van der Waals surface area contributed by atoms with Crippen LogP contribution in [0.15, 0.2) is 4.52 Å². The zero-order valence-electron chi connectivity index (χ0n) is 14.9. The summed E-state index contributed by atoms with van der Waals surface area (Å²) >= 11 is 0. The Bertz CT molecular complexity index is 761. The Hall–Kier alpha value is -1.80. The fraction of sp³-hybridized carbons (Fsp3) is 0.765. The van der Waals surface area contributed by atoms with Gasteiger partial charge in [0, 0.05) is 31.6 Å². The predicted molar refractivity (Wildman–Crippen MR) is 90.0 cm³/mol. The summed E-state index contributed by atoms with van der Waals surface area (Å²) in [7, 11) is 2.12. The lowest BCUT2D eigenvalue weighted by Crippen LogP contribution is -2.46. The van der Waals surface area contributed by atoms with Crippen molar-refractivity contribution in [3.05, 3.63) is 23.4 Å².